The summed E-state index contributed by atoms with van der Waals surface area (Å²) in [4.78, 5) is 18.4. The molecule has 0 unspecified atom stereocenters. The SMILES string of the molecule is CC(C)(C)OC(=O)[C@H](Cc1ccc(NS(=O)(=O)O)cc1)c1ncc(-c2ccccc2)s1. The number of hydrogen-bond acceptors (Lipinski definition) is 6. The van der Waals surface area contributed by atoms with Gasteiger partial charge < -0.3 is 4.74 Å². The molecule has 31 heavy (non-hydrogen) atoms. The number of esters is 1. The molecular weight excluding hydrogens is 436 g/mol. The zero-order valence-electron chi connectivity index (χ0n) is 17.4. The number of rotatable bonds is 7. The van der Waals surface area contributed by atoms with Crippen LogP contribution in [0.2, 0.25) is 0 Å². The van der Waals surface area contributed by atoms with Crippen molar-refractivity contribution in [2.75, 3.05) is 4.72 Å². The zero-order valence-corrected chi connectivity index (χ0v) is 19.0. The highest BCUT2D eigenvalue weighted by Crippen LogP contribution is 2.33. The minimum Gasteiger partial charge on any atom is -0.459 e. The first-order chi connectivity index (χ1) is 14.5. The average molecular weight is 461 g/mol. The summed E-state index contributed by atoms with van der Waals surface area (Å²) in [6.07, 6.45) is 2.09. The quantitative estimate of drug-likeness (QED) is 0.391. The first-order valence-corrected chi connectivity index (χ1v) is 11.8. The lowest BCUT2D eigenvalue weighted by Crippen LogP contribution is -2.28. The van der Waals surface area contributed by atoms with Crippen LogP contribution in [0.3, 0.4) is 0 Å². The van der Waals surface area contributed by atoms with Gasteiger partial charge in [0.05, 0.1) is 10.6 Å². The fraction of sp³-hybridized carbons (Fsp3) is 0.273. The van der Waals surface area contributed by atoms with Crippen molar-refractivity contribution in [3.8, 4) is 10.4 Å². The van der Waals surface area contributed by atoms with Crippen molar-refractivity contribution in [1.29, 1.82) is 0 Å². The number of nitrogens with one attached hydrogen (secondary N) is 1. The van der Waals surface area contributed by atoms with Crippen LogP contribution in [0.5, 0.6) is 0 Å². The molecule has 7 nitrogen and oxygen atoms in total. The number of aromatic nitrogens is 1. The zero-order chi connectivity index (χ0) is 22.6. The molecule has 3 aromatic rings. The second-order valence-corrected chi connectivity index (χ2v) is 10.2. The summed E-state index contributed by atoms with van der Waals surface area (Å²) in [5, 5.41) is 0.647. The lowest BCUT2D eigenvalue weighted by Gasteiger charge is -2.23. The van der Waals surface area contributed by atoms with Crippen molar-refractivity contribution < 1.29 is 22.5 Å². The predicted molar refractivity (Wildman–Crippen MR) is 121 cm³/mol. The Morgan fingerprint density at radius 1 is 1.13 bits per heavy atom. The minimum absolute atomic E-state index is 0.223. The van der Waals surface area contributed by atoms with E-state index in [9.17, 15) is 13.2 Å². The molecule has 1 aromatic heterocycles. The Hall–Kier alpha value is -2.75. The summed E-state index contributed by atoms with van der Waals surface area (Å²) in [6, 6.07) is 16.2. The van der Waals surface area contributed by atoms with Crippen LogP contribution < -0.4 is 4.72 Å². The van der Waals surface area contributed by atoms with Crippen LogP contribution in [-0.2, 0) is 26.3 Å². The lowest BCUT2D eigenvalue weighted by atomic mass is 9.99. The fourth-order valence-corrected chi connectivity index (χ4v) is 4.37. The standard InChI is InChI=1S/C22H24N2O5S2/c1-22(2,3)29-21(25)18(13-15-9-11-17(12-10-15)24-31(26,27)28)20-23-14-19(30-20)16-7-5-4-6-8-16/h4-12,14,18,24H,13H2,1-3H3,(H,26,27,28)/t18-/m1/s1. The summed E-state index contributed by atoms with van der Waals surface area (Å²) in [6.45, 7) is 5.44. The Morgan fingerprint density at radius 3 is 2.35 bits per heavy atom. The first-order valence-electron chi connectivity index (χ1n) is 9.58. The van der Waals surface area contributed by atoms with Gasteiger partial charge in [0.15, 0.2) is 0 Å². The van der Waals surface area contributed by atoms with E-state index in [2.05, 4.69) is 4.98 Å². The van der Waals surface area contributed by atoms with Crippen LogP contribution >= 0.6 is 11.3 Å². The van der Waals surface area contributed by atoms with Crippen molar-refractivity contribution in [2.45, 2.75) is 38.7 Å². The number of ether oxygens (including phenoxy) is 1. The number of carbonyl (C=O) groups excluding carboxylic acids is 1. The molecule has 3 rings (SSSR count). The van der Waals surface area contributed by atoms with Gasteiger partial charge in [-0.05, 0) is 50.5 Å². The third-order valence-electron chi connectivity index (χ3n) is 4.21. The molecule has 0 aliphatic heterocycles. The summed E-state index contributed by atoms with van der Waals surface area (Å²) in [5.41, 5.74) is 1.40. The van der Waals surface area contributed by atoms with Crippen LogP contribution in [-0.4, -0.2) is 29.5 Å². The maximum absolute atomic E-state index is 13.0. The number of hydrogen-bond donors (Lipinski definition) is 2. The van der Waals surface area contributed by atoms with E-state index in [1.165, 1.54) is 23.5 Å². The van der Waals surface area contributed by atoms with Crippen LogP contribution in [0, 0.1) is 0 Å². The monoisotopic (exact) mass is 460 g/mol. The Kier molecular flexibility index (Phi) is 6.78. The van der Waals surface area contributed by atoms with Gasteiger partial charge in [-0.3, -0.25) is 14.1 Å². The fourth-order valence-electron chi connectivity index (χ4n) is 2.92. The van der Waals surface area contributed by atoms with Crippen molar-refractivity contribution in [3.63, 3.8) is 0 Å². The lowest BCUT2D eigenvalue weighted by molar-refractivity contribution is -0.156. The first kappa shape index (κ1) is 22.9. The smallest absolute Gasteiger partial charge is 0.357 e. The van der Waals surface area contributed by atoms with E-state index in [1.54, 1.807) is 18.3 Å². The van der Waals surface area contributed by atoms with E-state index in [4.69, 9.17) is 9.29 Å². The molecule has 164 valence electrons. The summed E-state index contributed by atoms with van der Waals surface area (Å²) >= 11 is 1.44. The van der Waals surface area contributed by atoms with Crippen LogP contribution in [0.4, 0.5) is 5.69 Å². The van der Waals surface area contributed by atoms with E-state index in [-0.39, 0.29) is 11.7 Å². The van der Waals surface area contributed by atoms with Crippen LogP contribution in [0.25, 0.3) is 10.4 Å². The minimum atomic E-state index is -4.35. The molecule has 0 radical (unpaired) electrons. The molecule has 2 aromatic carbocycles. The van der Waals surface area contributed by atoms with Crippen molar-refractivity contribution >= 4 is 33.3 Å². The number of carbonyl (C=O) groups is 1. The molecule has 0 fully saturated rings. The highest BCUT2D eigenvalue weighted by Gasteiger charge is 2.29. The average Bonchev–Trinajstić information content (AvgIpc) is 3.15. The van der Waals surface area contributed by atoms with Gasteiger partial charge in [0.25, 0.3) is 0 Å². The number of anilines is 1. The molecule has 2 N–H and O–H groups in total. The second kappa shape index (κ2) is 9.17. The maximum Gasteiger partial charge on any atom is 0.357 e. The van der Waals surface area contributed by atoms with Crippen LogP contribution in [0.15, 0.2) is 60.8 Å². The Labute approximate surface area is 186 Å². The van der Waals surface area contributed by atoms with E-state index in [1.807, 2.05) is 55.8 Å². The van der Waals surface area contributed by atoms with Gasteiger partial charge in [0, 0.05) is 6.20 Å². The Bertz CT molecular complexity index is 1130. The third-order valence-corrected chi connectivity index (χ3v) is 5.87. The van der Waals surface area contributed by atoms with Gasteiger partial charge >= 0.3 is 16.3 Å². The largest absolute Gasteiger partial charge is 0.459 e. The molecule has 0 amide bonds. The van der Waals surface area contributed by atoms with Gasteiger partial charge in [0.1, 0.15) is 16.5 Å². The van der Waals surface area contributed by atoms with E-state index < -0.39 is 21.8 Å². The van der Waals surface area contributed by atoms with Gasteiger partial charge in [0.2, 0.25) is 0 Å². The molecule has 9 heteroatoms. The van der Waals surface area contributed by atoms with E-state index in [0.717, 1.165) is 16.0 Å². The van der Waals surface area contributed by atoms with Crippen molar-refractivity contribution in [2.24, 2.45) is 0 Å². The molecule has 1 heterocycles. The highest BCUT2D eigenvalue weighted by atomic mass is 32.2. The molecule has 1 atom stereocenters. The topological polar surface area (TPSA) is 106 Å². The van der Waals surface area contributed by atoms with Gasteiger partial charge in [-0.25, -0.2) is 4.98 Å². The molecule has 0 bridgehead atoms. The summed E-state index contributed by atoms with van der Waals surface area (Å²) in [7, 11) is -4.35. The van der Waals surface area contributed by atoms with Crippen molar-refractivity contribution in [3.05, 3.63) is 71.4 Å². The van der Waals surface area contributed by atoms with E-state index in [0.29, 0.717) is 11.4 Å². The molecule has 0 spiro atoms. The third kappa shape index (κ3) is 6.88. The molecule has 0 saturated heterocycles. The molecule has 0 aliphatic rings. The van der Waals surface area contributed by atoms with Crippen LogP contribution in [0.1, 0.15) is 37.3 Å². The number of benzene rings is 2. The second-order valence-electron chi connectivity index (χ2n) is 7.99. The molecular formula is C22H24N2O5S2. The Morgan fingerprint density at radius 2 is 1.77 bits per heavy atom. The molecule has 0 saturated carbocycles. The predicted octanol–water partition coefficient (Wildman–Crippen LogP) is 4.69. The van der Waals surface area contributed by atoms with Gasteiger partial charge in [-0.1, -0.05) is 42.5 Å². The number of thiazole rings is 1. The number of nitrogens with zero attached hydrogens (tertiary/aromatic N) is 1. The molecule has 0 aliphatic carbocycles. The summed E-state index contributed by atoms with van der Waals surface area (Å²) < 4.78 is 38.5. The Balaban J connectivity index is 1.87. The van der Waals surface area contributed by atoms with Crippen molar-refractivity contribution in [1.82, 2.24) is 4.98 Å². The maximum atomic E-state index is 13.0. The van der Waals surface area contributed by atoms with Gasteiger partial charge in [-0.15, -0.1) is 11.3 Å². The normalized spacial score (nSPS) is 12.9. The van der Waals surface area contributed by atoms with Gasteiger partial charge in [-0.2, -0.15) is 8.42 Å². The van der Waals surface area contributed by atoms with E-state index >= 15 is 0 Å². The highest BCUT2D eigenvalue weighted by molar-refractivity contribution is 7.87. The summed E-state index contributed by atoms with van der Waals surface area (Å²) in [5.74, 6) is -0.983.